The first kappa shape index (κ1) is 14.9. The third kappa shape index (κ3) is 3.35. The molecule has 2 rings (SSSR count). The van der Waals surface area contributed by atoms with Gasteiger partial charge < -0.3 is 10.5 Å². The maximum Gasteiger partial charge on any atom is 0.273 e. The Kier molecular flexibility index (Phi) is 4.18. The molecule has 0 spiro atoms. The van der Waals surface area contributed by atoms with E-state index in [-0.39, 0.29) is 11.5 Å². The number of nitro groups is 1. The largest absolute Gasteiger partial charge is 0.457 e. The van der Waals surface area contributed by atoms with E-state index >= 15 is 0 Å². The van der Waals surface area contributed by atoms with Gasteiger partial charge in [-0.25, -0.2) is 4.39 Å². The van der Waals surface area contributed by atoms with Gasteiger partial charge in [0.05, 0.1) is 11.0 Å². The SMILES string of the molecule is Cc1cc(Oc2cccc([N+](=O)[O-])c2)c([C@H](C)N)cc1F. The third-order valence-electron chi connectivity index (χ3n) is 3.04. The molecule has 2 N–H and O–H groups in total. The number of rotatable bonds is 4. The third-order valence-corrected chi connectivity index (χ3v) is 3.04. The van der Waals surface area contributed by atoms with Gasteiger partial charge in [0.1, 0.15) is 17.3 Å². The average molecular weight is 290 g/mol. The maximum absolute atomic E-state index is 13.6. The Labute approximate surface area is 121 Å². The second-order valence-electron chi connectivity index (χ2n) is 4.78. The zero-order valence-electron chi connectivity index (χ0n) is 11.7. The molecule has 1 atom stereocenters. The van der Waals surface area contributed by atoms with E-state index in [4.69, 9.17) is 10.5 Å². The summed E-state index contributed by atoms with van der Waals surface area (Å²) in [6.07, 6.45) is 0. The predicted octanol–water partition coefficient (Wildman–Crippen LogP) is 3.85. The van der Waals surface area contributed by atoms with Gasteiger partial charge in [0, 0.05) is 17.7 Å². The standard InChI is InChI=1S/C15H15FN2O3/c1-9-6-15(13(10(2)17)8-14(9)16)21-12-5-3-4-11(7-12)18(19)20/h3-8,10H,17H2,1-2H3/t10-/m0/s1. The van der Waals surface area contributed by atoms with E-state index in [1.165, 1.54) is 30.3 Å². The van der Waals surface area contributed by atoms with E-state index in [2.05, 4.69) is 0 Å². The highest BCUT2D eigenvalue weighted by Gasteiger charge is 2.14. The lowest BCUT2D eigenvalue weighted by Gasteiger charge is -2.15. The molecule has 2 aromatic carbocycles. The first-order valence-electron chi connectivity index (χ1n) is 6.36. The van der Waals surface area contributed by atoms with Crippen molar-refractivity contribution in [2.45, 2.75) is 19.9 Å². The van der Waals surface area contributed by atoms with Crippen LogP contribution in [0.15, 0.2) is 36.4 Å². The molecular formula is C15H15FN2O3. The molecule has 0 aliphatic carbocycles. The molecule has 0 fully saturated rings. The van der Waals surface area contributed by atoms with E-state index in [1.54, 1.807) is 19.9 Å². The minimum absolute atomic E-state index is 0.0753. The smallest absolute Gasteiger partial charge is 0.273 e. The predicted molar refractivity (Wildman–Crippen MR) is 76.9 cm³/mol. The van der Waals surface area contributed by atoms with Crippen molar-refractivity contribution in [1.29, 1.82) is 0 Å². The molecule has 0 unspecified atom stereocenters. The van der Waals surface area contributed by atoms with Crippen LogP contribution < -0.4 is 10.5 Å². The molecule has 110 valence electrons. The van der Waals surface area contributed by atoms with Crippen LogP contribution in [0, 0.1) is 22.9 Å². The van der Waals surface area contributed by atoms with E-state index in [0.29, 0.717) is 22.6 Å². The maximum atomic E-state index is 13.6. The van der Waals surface area contributed by atoms with Gasteiger partial charge in [0.2, 0.25) is 0 Å². The van der Waals surface area contributed by atoms with Gasteiger partial charge >= 0.3 is 0 Å². The molecule has 21 heavy (non-hydrogen) atoms. The van der Waals surface area contributed by atoms with Gasteiger partial charge in [-0.3, -0.25) is 10.1 Å². The number of halogens is 1. The highest BCUT2D eigenvalue weighted by Crippen LogP contribution is 2.32. The van der Waals surface area contributed by atoms with Crippen molar-refractivity contribution in [2.24, 2.45) is 5.73 Å². The van der Waals surface area contributed by atoms with Gasteiger partial charge in [0.15, 0.2) is 0 Å². The van der Waals surface area contributed by atoms with Crippen LogP contribution in [0.4, 0.5) is 10.1 Å². The first-order valence-corrected chi connectivity index (χ1v) is 6.36. The van der Waals surface area contributed by atoms with Crippen molar-refractivity contribution in [3.05, 3.63) is 63.5 Å². The number of hydrogen-bond donors (Lipinski definition) is 1. The Morgan fingerprint density at radius 2 is 2.05 bits per heavy atom. The second-order valence-corrected chi connectivity index (χ2v) is 4.78. The molecule has 0 aromatic heterocycles. The van der Waals surface area contributed by atoms with E-state index in [9.17, 15) is 14.5 Å². The number of nitrogens with zero attached hydrogens (tertiary/aromatic N) is 1. The molecule has 0 aliphatic heterocycles. The summed E-state index contributed by atoms with van der Waals surface area (Å²) in [7, 11) is 0. The second kappa shape index (κ2) is 5.88. The van der Waals surface area contributed by atoms with Crippen molar-refractivity contribution in [3.8, 4) is 11.5 Å². The lowest BCUT2D eigenvalue weighted by atomic mass is 10.1. The van der Waals surface area contributed by atoms with Crippen molar-refractivity contribution in [1.82, 2.24) is 0 Å². The Morgan fingerprint density at radius 1 is 1.33 bits per heavy atom. The molecule has 0 bridgehead atoms. The Hall–Kier alpha value is -2.47. The van der Waals surface area contributed by atoms with E-state index in [0.717, 1.165) is 0 Å². The molecule has 0 amide bonds. The van der Waals surface area contributed by atoms with Crippen LogP contribution in [-0.4, -0.2) is 4.92 Å². The minimum atomic E-state index is -0.505. The first-order chi connectivity index (χ1) is 9.88. The lowest BCUT2D eigenvalue weighted by Crippen LogP contribution is -2.08. The summed E-state index contributed by atoms with van der Waals surface area (Å²) in [4.78, 5) is 10.3. The topological polar surface area (TPSA) is 78.4 Å². The fourth-order valence-corrected chi connectivity index (χ4v) is 1.90. The molecule has 0 radical (unpaired) electrons. The lowest BCUT2D eigenvalue weighted by molar-refractivity contribution is -0.384. The van der Waals surface area contributed by atoms with Gasteiger partial charge in [0.25, 0.3) is 5.69 Å². The van der Waals surface area contributed by atoms with Crippen LogP contribution in [0.25, 0.3) is 0 Å². The number of benzene rings is 2. The number of aryl methyl sites for hydroxylation is 1. The van der Waals surface area contributed by atoms with Crippen molar-refractivity contribution >= 4 is 5.69 Å². The molecule has 6 heteroatoms. The average Bonchev–Trinajstić information content (AvgIpc) is 2.42. The Bertz CT molecular complexity index is 687. The van der Waals surface area contributed by atoms with Crippen molar-refractivity contribution in [2.75, 3.05) is 0 Å². The summed E-state index contributed by atoms with van der Waals surface area (Å²) in [6, 6.07) is 8.23. The van der Waals surface area contributed by atoms with Crippen LogP contribution in [-0.2, 0) is 0 Å². The zero-order valence-corrected chi connectivity index (χ0v) is 11.7. The summed E-state index contributed by atoms with van der Waals surface area (Å²) in [5.41, 5.74) is 6.66. The Balaban J connectivity index is 2.41. The van der Waals surface area contributed by atoms with Gasteiger partial charge in [-0.1, -0.05) is 6.07 Å². The molecule has 5 nitrogen and oxygen atoms in total. The molecule has 0 heterocycles. The summed E-state index contributed by atoms with van der Waals surface area (Å²) < 4.78 is 19.3. The molecule has 2 aromatic rings. The molecule has 0 saturated carbocycles. The monoisotopic (exact) mass is 290 g/mol. The summed E-state index contributed by atoms with van der Waals surface area (Å²) in [6.45, 7) is 3.32. The van der Waals surface area contributed by atoms with Crippen LogP contribution in [0.2, 0.25) is 0 Å². The van der Waals surface area contributed by atoms with Crippen LogP contribution in [0.1, 0.15) is 24.1 Å². The summed E-state index contributed by atoms with van der Waals surface area (Å²) in [5.74, 6) is 0.329. The summed E-state index contributed by atoms with van der Waals surface area (Å²) in [5, 5.41) is 10.8. The fourth-order valence-electron chi connectivity index (χ4n) is 1.90. The number of non-ortho nitro benzene ring substituents is 1. The van der Waals surface area contributed by atoms with Crippen molar-refractivity contribution in [3.63, 3.8) is 0 Å². The number of nitro benzene ring substituents is 1. The van der Waals surface area contributed by atoms with Crippen LogP contribution >= 0.6 is 0 Å². The van der Waals surface area contributed by atoms with Gasteiger partial charge in [-0.15, -0.1) is 0 Å². The zero-order chi connectivity index (χ0) is 15.6. The molecular weight excluding hydrogens is 275 g/mol. The van der Waals surface area contributed by atoms with Crippen LogP contribution in [0.3, 0.4) is 0 Å². The molecule has 0 aliphatic rings. The van der Waals surface area contributed by atoms with Gasteiger partial charge in [-0.2, -0.15) is 0 Å². The summed E-state index contributed by atoms with van der Waals surface area (Å²) >= 11 is 0. The van der Waals surface area contributed by atoms with Gasteiger partial charge in [-0.05, 0) is 37.6 Å². The fraction of sp³-hybridized carbons (Fsp3) is 0.200. The highest BCUT2D eigenvalue weighted by atomic mass is 19.1. The normalized spacial score (nSPS) is 12.0. The quantitative estimate of drug-likeness (QED) is 0.685. The van der Waals surface area contributed by atoms with E-state index < -0.39 is 11.0 Å². The highest BCUT2D eigenvalue weighted by molar-refractivity contribution is 5.45. The van der Waals surface area contributed by atoms with E-state index in [1.807, 2.05) is 0 Å². The minimum Gasteiger partial charge on any atom is -0.457 e. The number of ether oxygens (including phenoxy) is 1. The molecule has 0 saturated heterocycles. The van der Waals surface area contributed by atoms with Crippen molar-refractivity contribution < 1.29 is 14.1 Å². The number of hydrogen-bond acceptors (Lipinski definition) is 4. The Morgan fingerprint density at radius 3 is 2.67 bits per heavy atom. The number of nitrogens with two attached hydrogens (primary N) is 1. The van der Waals surface area contributed by atoms with Crippen LogP contribution in [0.5, 0.6) is 11.5 Å².